The summed E-state index contributed by atoms with van der Waals surface area (Å²) < 4.78 is 1.08. The van der Waals surface area contributed by atoms with E-state index in [0.717, 1.165) is 23.1 Å². The van der Waals surface area contributed by atoms with Crippen molar-refractivity contribution in [2.45, 2.75) is 39.7 Å². The molecule has 0 spiro atoms. The fourth-order valence-corrected chi connectivity index (χ4v) is 2.54. The average molecular weight is 271 g/mol. The number of aromatic nitrogens is 1. The summed E-state index contributed by atoms with van der Waals surface area (Å²) in [6.07, 6.45) is 4.21. The van der Waals surface area contributed by atoms with E-state index in [1.807, 2.05) is 6.20 Å². The molecule has 3 heteroatoms. The lowest BCUT2D eigenvalue weighted by Gasteiger charge is -2.28. The molecule has 0 aliphatic heterocycles. The third-order valence-corrected chi connectivity index (χ3v) is 3.37. The minimum absolute atomic E-state index is 0.566. The van der Waals surface area contributed by atoms with Crippen molar-refractivity contribution in [1.82, 2.24) is 4.98 Å². The van der Waals surface area contributed by atoms with Crippen molar-refractivity contribution in [3.8, 4) is 0 Å². The molecule has 0 fully saturated rings. The number of halogens is 1. The second-order valence-electron chi connectivity index (χ2n) is 3.90. The highest BCUT2D eigenvalue weighted by Gasteiger charge is 2.14. The zero-order chi connectivity index (χ0) is 11.4. The summed E-state index contributed by atoms with van der Waals surface area (Å²) in [4.78, 5) is 6.73. The van der Waals surface area contributed by atoms with Crippen molar-refractivity contribution < 1.29 is 0 Å². The summed E-state index contributed by atoms with van der Waals surface area (Å²) in [5.74, 6) is 1.04. The number of pyridine rings is 1. The summed E-state index contributed by atoms with van der Waals surface area (Å²) in [5, 5.41) is 0. The van der Waals surface area contributed by atoms with Crippen LogP contribution >= 0.6 is 15.9 Å². The van der Waals surface area contributed by atoms with Crippen LogP contribution in [0.5, 0.6) is 0 Å². The Bertz CT molecular complexity index is 321. The number of nitrogens with zero attached hydrogens (tertiary/aromatic N) is 2. The van der Waals surface area contributed by atoms with E-state index in [1.165, 1.54) is 5.56 Å². The summed E-state index contributed by atoms with van der Waals surface area (Å²) >= 11 is 3.57. The minimum atomic E-state index is 0.566. The van der Waals surface area contributed by atoms with Crippen LogP contribution < -0.4 is 4.90 Å². The Kier molecular flexibility index (Phi) is 4.58. The quantitative estimate of drug-likeness (QED) is 0.828. The molecule has 1 rings (SSSR count). The van der Waals surface area contributed by atoms with E-state index in [4.69, 9.17) is 0 Å². The van der Waals surface area contributed by atoms with Crippen LogP contribution in [-0.2, 0) is 0 Å². The molecule has 0 N–H and O–H groups in total. The van der Waals surface area contributed by atoms with E-state index >= 15 is 0 Å². The molecule has 84 valence electrons. The van der Waals surface area contributed by atoms with Crippen molar-refractivity contribution in [2.24, 2.45) is 0 Å². The van der Waals surface area contributed by atoms with Crippen LogP contribution in [0.15, 0.2) is 16.7 Å². The molecular formula is C12H19BrN2. The summed E-state index contributed by atoms with van der Waals surface area (Å²) in [6.45, 7) is 6.48. The van der Waals surface area contributed by atoms with E-state index in [-0.39, 0.29) is 0 Å². The van der Waals surface area contributed by atoms with Crippen LogP contribution in [0.25, 0.3) is 0 Å². The number of hydrogen-bond donors (Lipinski definition) is 0. The smallest absolute Gasteiger partial charge is 0.142 e. The third kappa shape index (κ3) is 2.94. The first-order valence-corrected chi connectivity index (χ1v) is 6.24. The van der Waals surface area contributed by atoms with Gasteiger partial charge in [-0.05, 0) is 47.3 Å². The highest BCUT2D eigenvalue weighted by molar-refractivity contribution is 9.10. The van der Waals surface area contributed by atoms with Crippen LogP contribution in [-0.4, -0.2) is 18.1 Å². The van der Waals surface area contributed by atoms with E-state index < -0.39 is 0 Å². The summed E-state index contributed by atoms with van der Waals surface area (Å²) in [6, 6.07) is 2.68. The Morgan fingerprint density at radius 1 is 1.40 bits per heavy atom. The van der Waals surface area contributed by atoms with Gasteiger partial charge in [-0.1, -0.05) is 13.8 Å². The van der Waals surface area contributed by atoms with Gasteiger partial charge in [0.05, 0.1) is 4.47 Å². The molecule has 0 amide bonds. The van der Waals surface area contributed by atoms with Gasteiger partial charge in [0.2, 0.25) is 0 Å². The first kappa shape index (κ1) is 12.5. The molecule has 15 heavy (non-hydrogen) atoms. The second kappa shape index (κ2) is 5.50. The Hall–Kier alpha value is -0.570. The fourth-order valence-electron chi connectivity index (χ4n) is 1.80. The zero-order valence-corrected chi connectivity index (χ0v) is 11.5. The van der Waals surface area contributed by atoms with Crippen molar-refractivity contribution in [3.63, 3.8) is 0 Å². The Morgan fingerprint density at radius 3 is 2.47 bits per heavy atom. The molecule has 1 aromatic rings. The first-order valence-electron chi connectivity index (χ1n) is 5.45. The maximum absolute atomic E-state index is 4.47. The number of aryl methyl sites for hydroxylation is 1. The number of hydrogen-bond acceptors (Lipinski definition) is 2. The van der Waals surface area contributed by atoms with Gasteiger partial charge in [-0.3, -0.25) is 0 Å². The van der Waals surface area contributed by atoms with Gasteiger partial charge in [0.15, 0.2) is 0 Å². The largest absolute Gasteiger partial charge is 0.356 e. The molecule has 0 radical (unpaired) electrons. The van der Waals surface area contributed by atoms with Crippen LogP contribution in [0.3, 0.4) is 0 Å². The van der Waals surface area contributed by atoms with E-state index in [0.29, 0.717) is 6.04 Å². The molecule has 0 saturated heterocycles. The topological polar surface area (TPSA) is 16.1 Å². The van der Waals surface area contributed by atoms with Gasteiger partial charge in [0.1, 0.15) is 5.82 Å². The first-order chi connectivity index (χ1) is 7.10. The molecule has 0 unspecified atom stereocenters. The SMILES string of the molecule is CCC(CC)N(C)c1ncc(C)cc1Br. The molecule has 0 aliphatic rings. The summed E-state index contributed by atoms with van der Waals surface area (Å²) in [7, 11) is 2.11. The van der Waals surface area contributed by atoms with E-state index in [1.54, 1.807) is 0 Å². The molecule has 0 atom stereocenters. The van der Waals surface area contributed by atoms with Crippen LogP contribution in [0.4, 0.5) is 5.82 Å². The highest BCUT2D eigenvalue weighted by atomic mass is 79.9. The molecule has 2 nitrogen and oxygen atoms in total. The second-order valence-corrected chi connectivity index (χ2v) is 4.75. The summed E-state index contributed by atoms with van der Waals surface area (Å²) in [5.41, 5.74) is 1.18. The average Bonchev–Trinajstić information content (AvgIpc) is 2.19. The Balaban J connectivity index is 2.94. The van der Waals surface area contributed by atoms with Crippen molar-refractivity contribution in [1.29, 1.82) is 0 Å². The third-order valence-electron chi connectivity index (χ3n) is 2.78. The van der Waals surface area contributed by atoms with Gasteiger partial charge in [0.25, 0.3) is 0 Å². The van der Waals surface area contributed by atoms with Gasteiger partial charge >= 0.3 is 0 Å². The van der Waals surface area contributed by atoms with Crippen LogP contribution in [0.1, 0.15) is 32.3 Å². The van der Waals surface area contributed by atoms with E-state index in [2.05, 4.69) is 59.7 Å². The van der Waals surface area contributed by atoms with Crippen LogP contribution in [0.2, 0.25) is 0 Å². The van der Waals surface area contributed by atoms with Crippen molar-refractivity contribution in [3.05, 3.63) is 22.3 Å². The minimum Gasteiger partial charge on any atom is -0.356 e. The molecule has 0 bridgehead atoms. The molecule has 1 heterocycles. The number of anilines is 1. The number of rotatable bonds is 4. The van der Waals surface area contributed by atoms with Gasteiger partial charge in [-0.15, -0.1) is 0 Å². The van der Waals surface area contributed by atoms with Gasteiger partial charge in [-0.2, -0.15) is 0 Å². The Labute approximate surface area is 101 Å². The van der Waals surface area contributed by atoms with Gasteiger partial charge < -0.3 is 4.90 Å². The fraction of sp³-hybridized carbons (Fsp3) is 0.583. The lowest BCUT2D eigenvalue weighted by atomic mass is 10.1. The highest BCUT2D eigenvalue weighted by Crippen LogP contribution is 2.26. The Morgan fingerprint density at radius 2 is 2.00 bits per heavy atom. The molecule has 1 aromatic heterocycles. The predicted molar refractivity (Wildman–Crippen MR) is 69.4 cm³/mol. The lowest BCUT2D eigenvalue weighted by Crippen LogP contribution is -2.31. The molecular weight excluding hydrogens is 252 g/mol. The van der Waals surface area contributed by atoms with Crippen molar-refractivity contribution >= 4 is 21.7 Å². The molecule has 0 aromatic carbocycles. The zero-order valence-electron chi connectivity index (χ0n) is 9.92. The predicted octanol–water partition coefficient (Wildman–Crippen LogP) is 3.78. The monoisotopic (exact) mass is 270 g/mol. The van der Waals surface area contributed by atoms with Gasteiger partial charge in [0, 0.05) is 19.3 Å². The van der Waals surface area contributed by atoms with Crippen molar-refractivity contribution in [2.75, 3.05) is 11.9 Å². The molecule has 0 saturated carbocycles. The van der Waals surface area contributed by atoms with Gasteiger partial charge in [-0.25, -0.2) is 4.98 Å². The van der Waals surface area contributed by atoms with E-state index in [9.17, 15) is 0 Å². The van der Waals surface area contributed by atoms with Crippen LogP contribution in [0, 0.1) is 6.92 Å². The normalized spacial score (nSPS) is 10.8. The lowest BCUT2D eigenvalue weighted by molar-refractivity contribution is 0.586. The maximum Gasteiger partial charge on any atom is 0.142 e. The molecule has 0 aliphatic carbocycles. The maximum atomic E-state index is 4.47. The standard InChI is InChI=1S/C12H19BrN2/c1-5-10(6-2)15(4)12-11(13)7-9(3)8-14-12/h7-8,10H,5-6H2,1-4H3.